The number of hydrogen-bond donors (Lipinski definition) is 1. The van der Waals surface area contributed by atoms with E-state index in [1.165, 1.54) is 17.1 Å². The molecule has 1 aliphatic carbocycles. The van der Waals surface area contributed by atoms with Crippen molar-refractivity contribution in [2.24, 2.45) is 5.73 Å². The van der Waals surface area contributed by atoms with Crippen LogP contribution in [0, 0.1) is 5.82 Å². The van der Waals surface area contributed by atoms with E-state index in [0.29, 0.717) is 0 Å². The maximum absolute atomic E-state index is 13.0. The first-order valence-corrected chi connectivity index (χ1v) is 7.80. The van der Waals surface area contributed by atoms with E-state index in [9.17, 15) is 9.18 Å². The fourth-order valence-corrected chi connectivity index (χ4v) is 3.03. The number of carbonyl (C=O) groups is 1. The van der Waals surface area contributed by atoms with Crippen LogP contribution >= 0.6 is 0 Å². The standard InChI is InChI=1S/C19H16FN3O/c20-16-11-22-23(12-16)17-7-3-14(4-8-17)13-1-5-15(6-2-13)19(9-10-19)18(21)24/h1-8,11-12H,9-10H2,(H2,21,24). The van der Waals surface area contributed by atoms with Crippen LogP contribution in [0.25, 0.3) is 16.8 Å². The molecule has 1 amide bonds. The van der Waals surface area contributed by atoms with Crippen molar-refractivity contribution in [2.45, 2.75) is 18.3 Å². The minimum absolute atomic E-state index is 0.244. The first kappa shape index (κ1) is 14.6. The van der Waals surface area contributed by atoms with Gasteiger partial charge in [0.15, 0.2) is 5.82 Å². The van der Waals surface area contributed by atoms with Gasteiger partial charge in [0.05, 0.1) is 23.5 Å². The SMILES string of the molecule is NC(=O)C1(c2ccc(-c3ccc(-n4cc(F)cn4)cc3)cc2)CC1. The van der Waals surface area contributed by atoms with E-state index in [-0.39, 0.29) is 11.7 Å². The second-order valence-corrected chi connectivity index (χ2v) is 6.17. The molecule has 0 radical (unpaired) electrons. The molecule has 4 nitrogen and oxygen atoms in total. The molecule has 2 aromatic carbocycles. The van der Waals surface area contributed by atoms with E-state index in [0.717, 1.165) is 35.2 Å². The van der Waals surface area contributed by atoms with E-state index in [1.54, 1.807) is 0 Å². The van der Waals surface area contributed by atoms with Gasteiger partial charge in [-0.1, -0.05) is 36.4 Å². The van der Waals surface area contributed by atoms with Crippen molar-refractivity contribution < 1.29 is 9.18 Å². The third kappa shape index (κ3) is 2.38. The largest absolute Gasteiger partial charge is 0.369 e. The van der Waals surface area contributed by atoms with Crippen LogP contribution in [-0.4, -0.2) is 15.7 Å². The summed E-state index contributed by atoms with van der Waals surface area (Å²) in [7, 11) is 0. The lowest BCUT2D eigenvalue weighted by atomic mass is 9.93. The zero-order valence-electron chi connectivity index (χ0n) is 12.9. The highest BCUT2D eigenvalue weighted by molar-refractivity contribution is 5.90. The molecule has 1 saturated carbocycles. The number of primary amides is 1. The topological polar surface area (TPSA) is 60.9 Å². The minimum atomic E-state index is -0.452. The second kappa shape index (κ2) is 5.30. The highest BCUT2D eigenvalue weighted by Gasteiger charge is 2.49. The van der Waals surface area contributed by atoms with Gasteiger partial charge in [0, 0.05) is 0 Å². The summed E-state index contributed by atoms with van der Waals surface area (Å²) in [6.07, 6.45) is 4.18. The fourth-order valence-electron chi connectivity index (χ4n) is 3.03. The molecule has 5 heteroatoms. The minimum Gasteiger partial charge on any atom is -0.369 e. The Morgan fingerprint density at radius 2 is 1.62 bits per heavy atom. The van der Waals surface area contributed by atoms with Crippen LogP contribution in [0.5, 0.6) is 0 Å². The van der Waals surface area contributed by atoms with Crippen LogP contribution < -0.4 is 5.73 Å². The summed E-state index contributed by atoms with van der Waals surface area (Å²) in [5.74, 6) is -0.607. The predicted octanol–water partition coefficient (Wildman–Crippen LogP) is 3.20. The number of benzene rings is 2. The molecule has 4 rings (SSSR count). The molecule has 0 saturated heterocycles. The molecule has 0 unspecified atom stereocenters. The average Bonchev–Trinajstić information content (AvgIpc) is 3.31. The van der Waals surface area contributed by atoms with Gasteiger partial charge >= 0.3 is 0 Å². The van der Waals surface area contributed by atoms with Crippen molar-refractivity contribution in [2.75, 3.05) is 0 Å². The van der Waals surface area contributed by atoms with Crippen molar-refractivity contribution in [1.82, 2.24) is 9.78 Å². The van der Waals surface area contributed by atoms with E-state index in [2.05, 4.69) is 5.10 Å². The zero-order chi connectivity index (χ0) is 16.7. The predicted molar refractivity (Wildman–Crippen MR) is 89.1 cm³/mol. The first-order valence-electron chi connectivity index (χ1n) is 7.80. The lowest BCUT2D eigenvalue weighted by molar-refractivity contribution is -0.120. The second-order valence-electron chi connectivity index (χ2n) is 6.17. The molecule has 0 aliphatic heterocycles. The van der Waals surface area contributed by atoms with Gasteiger partial charge in [0.25, 0.3) is 0 Å². The molecule has 1 heterocycles. The Hall–Kier alpha value is -2.95. The summed E-state index contributed by atoms with van der Waals surface area (Å²) in [5, 5.41) is 3.95. The summed E-state index contributed by atoms with van der Waals surface area (Å²) < 4.78 is 14.5. The smallest absolute Gasteiger partial charge is 0.228 e. The van der Waals surface area contributed by atoms with Crippen molar-refractivity contribution >= 4 is 5.91 Å². The van der Waals surface area contributed by atoms with Crippen molar-refractivity contribution in [3.63, 3.8) is 0 Å². The van der Waals surface area contributed by atoms with Gasteiger partial charge in [0.2, 0.25) is 5.91 Å². The molecule has 1 aromatic heterocycles. The van der Waals surface area contributed by atoms with E-state index in [1.807, 2.05) is 48.5 Å². The summed E-state index contributed by atoms with van der Waals surface area (Å²) in [4.78, 5) is 11.6. The van der Waals surface area contributed by atoms with Crippen LogP contribution in [0.15, 0.2) is 60.9 Å². The van der Waals surface area contributed by atoms with Crippen LogP contribution in [-0.2, 0) is 10.2 Å². The van der Waals surface area contributed by atoms with Crippen molar-refractivity contribution in [3.05, 3.63) is 72.3 Å². The Morgan fingerprint density at radius 3 is 2.08 bits per heavy atom. The van der Waals surface area contributed by atoms with E-state index >= 15 is 0 Å². The molecular weight excluding hydrogens is 305 g/mol. The highest BCUT2D eigenvalue weighted by atomic mass is 19.1. The van der Waals surface area contributed by atoms with Gasteiger partial charge in [-0.3, -0.25) is 4.79 Å². The molecule has 120 valence electrons. The van der Waals surface area contributed by atoms with Crippen molar-refractivity contribution in [1.29, 1.82) is 0 Å². The number of halogens is 1. The summed E-state index contributed by atoms with van der Waals surface area (Å²) in [6, 6.07) is 15.7. The van der Waals surface area contributed by atoms with Crippen molar-refractivity contribution in [3.8, 4) is 16.8 Å². The molecule has 1 fully saturated rings. The Bertz CT molecular complexity index is 893. The summed E-state index contributed by atoms with van der Waals surface area (Å²) in [5.41, 5.74) is 8.94. The Kier molecular flexibility index (Phi) is 3.23. The third-order valence-electron chi connectivity index (χ3n) is 4.68. The third-order valence-corrected chi connectivity index (χ3v) is 4.68. The maximum atomic E-state index is 13.0. The number of carbonyl (C=O) groups excluding carboxylic acids is 1. The molecule has 0 bridgehead atoms. The van der Waals surface area contributed by atoms with E-state index < -0.39 is 5.41 Å². The number of aromatic nitrogens is 2. The maximum Gasteiger partial charge on any atom is 0.228 e. The van der Waals surface area contributed by atoms with E-state index in [4.69, 9.17) is 5.73 Å². The summed E-state index contributed by atoms with van der Waals surface area (Å²) >= 11 is 0. The molecule has 1 aliphatic rings. The van der Waals surface area contributed by atoms with Gasteiger partial charge in [-0.15, -0.1) is 0 Å². The van der Waals surface area contributed by atoms with Gasteiger partial charge in [0.1, 0.15) is 0 Å². The van der Waals surface area contributed by atoms with Gasteiger partial charge in [-0.2, -0.15) is 5.10 Å². The lowest BCUT2D eigenvalue weighted by Gasteiger charge is -2.12. The number of nitrogens with zero attached hydrogens (tertiary/aromatic N) is 2. The van der Waals surface area contributed by atoms with Crippen LogP contribution in [0.3, 0.4) is 0 Å². The molecule has 0 spiro atoms. The van der Waals surface area contributed by atoms with Gasteiger partial charge < -0.3 is 5.73 Å². The Labute approximate surface area is 138 Å². The number of hydrogen-bond acceptors (Lipinski definition) is 2. The first-order chi connectivity index (χ1) is 11.6. The normalized spacial score (nSPS) is 15.2. The highest BCUT2D eigenvalue weighted by Crippen LogP contribution is 2.48. The number of amides is 1. The van der Waals surface area contributed by atoms with Crippen LogP contribution in [0.2, 0.25) is 0 Å². The molecule has 0 atom stereocenters. The fraction of sp³-hybridized carbons (Fsp3) is 0.158. The van der Waals surface area contributed by atoms with Crippen LogP contribution in [0.4, 0.5) is 4.39 Å². The van der Waals surface area contributed by atoms with Crippen LogP contribution in [0.1, 0.15) is 18.4 Å². The molecular formula is C19H16FN3O. The average molecular weight is 321 g/mol. The lowest BCUT2D eigenvalue weighted by Crippen LogP contribution is -2.28. The number of nitrogens with two attached hydrogens (primary N) is 1. The Balaban J connectivity index is 1.59. The molecule has 24 heavy (non-hydrogen) atoms. The molecule has 2 N–H and O–H groups in total. The monoisotopic (exact) mass is 321 g/mol. The molecule has 3 aromatic rings. The zero-order valence-corrected chi connectivity index (χ0v) is 12.9. The Morgan fingerprint density at radius 1 is 1.04 bits per heavy atom. The van der Waals surface area contributed by atoms with Gasteiger partial charge in [-0.05, 0) is 41.7 Å². The number of rotatable bonds is 4. The summed E-state index contributed by atoms with van der Waals surface area (Å²) in [6.45, 7) is 0. The van der Waals surface area contributed by atoms with Gasteiger partial charge in [-0.25, -0.2) is 9.07 Å². The quantitative estimate of drug-likeness (QED) is 0.802.